The quantitative estimate of drug-likeness (QED) is 0.213. The van der Waals surface area contributed by atoms with E-state index in [1.165, 1.54) is 0 Å². The van der Waals surface area contributed by atoms with Gasteiger partial charge in [-0.3, -0.25) is 14.9 Å². The number of carbonyl (C=O) groups excluding carboxylic acids is 1. The lowest BCUT2D eigenvalue weighted by molar-refractivity contribution is -0.143. The van der Waals surface area contributed by atoms with Crippen molar-refractivity contribution in [1.29, 1.82) is 5.26 Å². The van der Waals surface area contributed by atoms with E-state index in [2.05, 4.69) is 5.32 Å². The van der Waals surface area contributed by atoms with Crippen LogP contribution in [0.1, 0.15) is 63.5 Å². The third-order valence-corrected chi connectivity index (χ3v) is 7.55. The normalized spacial score (nSPS) is 14.5. The zero-order chi connectivity index (χ0) is 24.2. The van der Waals surface area contributed by atoms with E-state index >= 15 is 0 Å². The number of rotatable bonds is 14. The van der Waals surface area contributed by atoms with Gasteiger partial charge in [0.1, 0.15) is 0 Å². The van der Waals surface area contributed by atoms with E-state index in [9.17, 15) is 14.7 Å². The van der Waals surface area contributed by atoms with Crippen molar-refractivity contribution >= 4 is 23.6 Å². The van der Waals surface area contributed by atoms with Crippen LogP contribution >= 0.6 is 11.8 Å². The summed E-state index contributed by atoms with van der Waals surface area (Å²) in [6.07, 6.45) is 6.79. The second kappa shape index (κ2) is 13.1. The molecule has 2 aromatic rings. The zero-order valence-corrected chi connectivity index (χ0v) is 20.4. The fourth-order valence-electron chi connectivity index (χ4n) is 4.03. The molecule has 0 aromatic heterocycles. The highest BCUT2D eigenvalue weighted by Crippen LogP contribution is 2.31. The van der Waals surface area contributed by atoms with Crippen molar-refractivity contribution in [2.24, 2.45) is 0 Å². The minimum absolute atomic E-state index is 0.260. The molecule has 33 heavy (non-hydrogen) atoms. The van der Waals surface area contributed by atoms with Gasteiger partial charge in [-0.25, -0.2) is 0 Å². The molecule has 6 heteroatoms. The molecule has 0 aliphatic heterocycles. The molecular formula is C27H34N2O3S. The Balaban J connectivity index is 1.72. The lowest BCUT2D eigenvalue weighted by Crippen LogP contribution is -2.40. The summed E-state index contributed by atoms with van der Waals surface area (Å²) in [6, 6.07) is 19.1. The summed E-state index contributed by atoms with van der Waals surface area (Å²) < 4.78 is 0. The maximum absolute atomic E-state index is 12.6. The van der Waals surface area contributed by atoms with Gasteiger partial charge in [-0.1, -0.05) is 73.5 Å². The van der Waals surface area contributed by atoms with Crippen molar-refractivity contribution in [3.63, 3.8) is 0 Å². The van der Waals surface area contributed by atoms with Crippen LogP contribution in [-0.2, 0) is 20.4 Å². The Morgan fingerprint density at radius 3 is 1.76 bits per heavy atom. The maximum atomic E-state index is 12.6. The van der Waals surface area contributed by atoms with Gasteiger partial charge < -0.3 is 5.11 Å². The predicted octanol–water partition coefficient (Wildman–Crippen LogP) is 5.66. The predicted molar refractivity (Wildman–Crippen MR) is 134 cm³/mol. The molecule has 0 saturated carbocycles. The van der Waals surface area contributed by atoms with Gasteiger partial charge in [0.15, 0.2) is 6.19 Å². The van der Waals surface area contributed by atoms with Crippen molar-refractivity contribution < 1.29 is 14.7 Å². The Morgan fingerprint density at radius 2 is 1.30 bits per heavy atom. The average Bonchev–Trinajstić information content (AvgIpc) is 2.83. The molecule has 0 spiro atoms. The third-order valence-electron chi connectivity index (χ3n) is 6.40. The molecular weight excluding hydrogens is 432 g/mol. The van der Waals surface area contributed by atoms with Gasteiger partial charge >= 0.3 is 5.97 Å². The number of nitriles is 1. The summed E-state index contributed by atoms with van der Waals surface area (Å²) in [6.45, 7) is 3.71. The van der Waals surface area contributed by atoms with E-state index in [1.54, 1.807) is 6.19 Å². The minimum atomic E-state index is -0.849. The van der Waals surface area contributed by atoms with Crippen LogP contribution in [0.5, 0.6) is 0 Å². The number of hydrogen-bond acceptors (Lipinski definition) is 4. The lowest BCUT2D eigenvalue weighted by atomic mass is 9.77. The van der Waals surface area contributed by atoms with Crippen LogP contribution in [0, 0.1) is 11.5 Å². The zero-order valence-electron chi connectivity index (χ0n) is 19.5. The smallest absolute Gasteiger partial charge is 0.313 e. The standard InChI is InChI=1S/C27H34N2O3S/c1-26(24(30)29-21-28,22-13-5-3-6-14-22)17-9-11-19-33-20-12-10-18-27(2,25(31)32)23-15-7-4-8-16-23/h3-8,13-16H,9-12,17-20H2,1-2H3,(H,29,30)(H,31,32). The number of thioether (sulfide) groups is 1. The number of amides is 1. The first-order valence-electron chi connectivity index (χ1n) is 11.5. The van der Waals surface area contributed by atoms with E-state index in [1.807, 2.05) is 86.3 Å². The highest BCUT2D eigenvalue weighted by Gasteiger charge is 2.35. The molecule has 2 aromatic carbocycles. The largest absolute Gasteiger partial charge is 0.481 e. The summed E-state index contributed by atoms with van der Waals surface area (Å²) >= 11 is 1.87. The molecule has 0 radical (unpaired) electrons. The molecule has 2 unspecified atom stereocenters. The molecule has 0 heterocycles. The molecule has 0 aliphatic carbocycles. The van der Waals surface area contributed by atoms with Gasteiger partial charge in [0.2, 0.25) is 5.91 Å². The number of nitrogens with one attached hydrogen (secondary N) is 1. The summed E-state index contributed by atoms with van der Waals surface area (Å²) in [5.41, 5.74) is 0.204. The molecule has 0 aliphatic rings. The fourth-order valence-corrected chi connectivity index (χ4v) is 5.05. The summed E-state index contributed by atoms with van der Waals surface area (Å²) in [4.78, 5) is 24.4. The first kappa shape index (κ1) is 26.5. The van der Waals surface area contributed by atoms with Gasteiger partial charge in [-0.15, -0.1) is 0 Å². The van der Waals surface area contributed by atoms with Crippen molar-refractivity contribution in [3.05, 3.63) is 71.8 Å². The number of hydrogen-bond donors (Lipinski definition) is 2. The number of carbonyl (C=O) groups is 2. The second-order valence-electron chi connectivity index (χ2n) is 8.79. The Bertz CT molecular complexity index is 929. The monoisotopic (exact) mass is 466 g/mol. The molecule has 2 N–H and O–H groups in total. The molecule has 0 fully saturated rings. The Hall–Kier alpha value is -2.78. The number of nitrogens with zero attached hydrogens (tertiary/aromatic N) is 1. The maximum Gasteiger partial charge on any atom is 0.313 e. The van der Waals surface area contributed by atoms with Crippen LogP contribution in [0.3, 0.4) is 0 Å². The SMILES string of the molecule is CC(CCCCSCCCCC(C)(C(=O)NC#N)c1ccccc1)(C(=O)O)c1ccccc1. The van der Waals surface area contributed by atoms with E-state index in [0.717, 1.165) is 48.3 Å². The first-order chi connectivity index (χ1) is 15.8. The van der Waals surface area contributed by atoms with Crippen molar-refractivity contribution in [1.82, 2.24) is 5.32 Å². The molecule has 0 bridgehead atoms. The Labute approximate surface area is 201 Å². The van der Waals surface area contributed by atoms with Crippen LogP contribution in [-0.4, -0.2) is 28.5 Å². The molecule has 176 valence electrons. The van der Waals surface area contributed by atoms with Gasteiger partial charge in [0.05, 0.1) is 10.8 Å². The van der Waals surface area contributed by atoms with Gasteiger partial charge in [0, 0.05) is 0 Å². The van der Waals surface area contributed by atoms with Gasteiger partial charge in [0.25, 0.3) is 0 Å². The third kappa shape index (κ3) is 7.36. The first-order valence-corrected chi connectivity index (χ1v) is 12.6. The van der Waals surface area contributed by atoms with Crippen LogP contribution < -0.4 is 5.32 Å². The highest BCUT2D eigenvalue weighted by atomic mass is 32.2. The highest BCUT2D eigenvalue weighted by molar-refractivity contribution is 7.99. The lowest BCUT2D eigenvalue weighted by Gasteiger charge is -2.27. The molecule has 2 rings (SSSR count). The van der Waals surface area contributed by atoms with E-state index in [4.69, 9.17) is 5.26 Å². The number of aliphatic carboxylic acids is 1. The van der Waals surface area contributed by atoms with E-state index < -0.39 is 16.8 Å². The summed E-state index contributed by atoms with van der Waals surface area (Å²) in [7, 11) is 0. The number of carboxylic acids is 1. The topological polar surface area (TPSA) is 90.2 Å². The Morgan fingerprint density at radius 1 is 0.848 bits per heavy atom. The summed E-state index contributed by atoms with van der Waals surface area (Å²) in [5, 5.41) is 21.0. The average molecular weight is 467 g/mol. The van der Waals surface area contributed by atoms with Crippen molar-refractivity contribution in [2.45, 2.75) is 63.2 Å². The van der Waals surface area contributed by atoms with Crippen LogP contribution in [0.25, 0.3) is 0 Å². The van der Waals surface area contributed by atoms with Crippen LogP contribution in [0.15, 0.2) is 60.7 Å². The Kier molecular flexibility index (Phi) is 10.5. The second-order valence-corrected chi connectivity index (χ2v) is 10.0. The van der Waals surface area contributed by atoms with Crippen LogP contribution in [0.2, 0.25) is 0 Å². The molecule has 2 atom stereocenters. The number of unbranched alkanes of at least 4 members (excludes halogenated alkanes) is 2. The number of carboxylic acid groups (broad SMARTS) is 1. The fraction of sp³-hybridized carbons (Fsp3) is 0.444. The molecule has 5 nitrogen and oxygen atoms in total. The van der Waals surface area contributed by atoms with Crippen LogP contribution in [0.4, 0.5) is 0 Å². The van der Waals surface area contributed by atoms with Gasteiger partial charge in [-0.2, -0.15) is 17.0 Å². The molecule has 1 amide bonds. The van der Waals surface area contributed by atoms with Crippen molar-refractivity contribution in [2.75, 3.05) is 11.5 Å². The van der Waals surface area contributed by atoms with E-state index in [0.29, 0.717) is 12.8 Å². The summed E-state index contributed by atoms with van der Waals surface area (Å²) in [5.74, 6) is 0.960. The van der Waals surface area contributed by atoms with E-state index in [-0.39, 0.29) is 5.91 Å². The molecule has 0 saturated heterocycles. The number of benzene rings is 2. The van der Waals surface area contributed by atoms with Crippen molar-refractivity contribution in [3.8, 4) is 6.19 Å². The van der Waals surface area contributed by atoms with Gasteiger partial charge in [-0.05, 0) is 62.2 Å². The minimum Gasteiger partial charge on any atom is -0.481 e.